The van der Waals surface area contributed by atoms with Gasteiger partial charge in [-0.2, -0.15) is 0 Å². The van der Waals surface area contributed by atoms with Crippen LogP contribution < -0.4 is 5.32 Å². The lowest BCUT2D eigenvalue weighted by molar-refractivity contribution is -0.118. The molecule has 0 bridgehead atoms. The molecule has 0 aromatic heterocycles. The highest BCUT2D eigenvalue weighted by Gasteiger charge is 2.00. The summed E-state index contributed by atoms with van der Waals surface area (Å²) in [4.78, 5) is 12.1. The SMILES string of the molecule is CC(=O)NC=Cc1ccccc1SCc1ccccc1. The summed E-state index contributed by atoms with van der Waals surface area (Å²) in [6.07, 6.45) is 3.61. The molecule has 2 nitrogen and oxygen atoms in total. The third-order valence-corrected chi connectivity index (χ3v) is 3.87. The number of nitrogens with one attached hydrogen (secondary N) is 1. The van der Waals surface area contributed by atoms with E-state index in [9.17, 15) is 4.79 Å². The molecule has 0 saturated heterocycles. The molecule has 0 unspecified atom stereocenters. The van der Waals surface area contributed by atoms with E-state index in [1.807, 2.05) is 30.3 Å². The number of benzene rings is 2. The minimum atomic E-state index is -0.0596. The van der Waals surface area contributed by atoms with Gasteiger partial charge in [0.25, 0.3) is 0 Å². The fraction of sp³-hybridized carbons (Fsp3) is 0.118. The molecule has 3 heteroatoms. The molecular formula is C17H17NOS. The molecule has 0 aliphatic carbocycles. The van der Waals surface area contributed by atoms with Crippen molar-refractivity contribution in [1.29, 1.82) is 0 Å². The number of amides is 1. The number of thioether (sulfide) groups is 1. The van der Waals surface area contributed by atoms with Crippen molar-refractivity contribution in [2.24, 2.45) is 0 Å². The predicted molar refractivity (Wildman–Crippen MR) is 85.3 cm³/mol. The van der Waals surface area contributed by atoms with Crippen molar-refractivity contribution in [2.45, 2.75) is 17.6 Å². The molecule has 0 saturated carbocycles. The minimum Gasteiger partial charge on any atom is -0.333 e. The standard InChI is InChI=1S/C17H17NOS/c1-14(19)18-12-11-16-9-5-6-10-17(16)20-13-15-7-3-2-4-8-15/h2-12H,13H2,1H3,(H,18,19). The largest absolute Gasteiger partial charge is 0.333 e. The van der Waals surface area contributed by atoms with Crippen LogP contribution >= 0.6 is 11.8 Å². The zero-order chi connectivity index (χ0) is 14.2. The van der Waals surface area contributed by atoms with Gasteiger partial charge in [-0.3, -0.25) is 4.79 Å². The van der Waals surface area contributed by atoms with Crippen molar-refractivity contribution in [3.05, 3.63) is 71.9 Å². The Hall–Kier alpha value is -2.00. The molecule has 0 fully saturated rings. The third kappa shape index (κ3) is 4.59. The Labute approximate surface area is 123 Å². The number of rotatable bonds is 5. The third-order valence-electron chi connectivity index (χ3n) is 2.71. The van der Waals surface area contributed by atoms with Gasteiger partial charge in [0, 0.05) is 23.8 Å². The molecule has 0 atom stereocenters. The van der Waals surface area contributed by atoms with E-state index in [1.165, 1.54) is 17.4 Å². The zero-order valence-corrected chi connectivity index (χ0v) is 12.2. The van der Waals surface area contributed by atoms with Crippen molar-refractivity contribution < 1.29 is 4.79 Å². The lowest BCUT2D eigenvalue weighted by Gasteiger charge is -2.06. The monoisotopic (exact) mass is 283 g/mol. The molecule has 2 rings (SSSR count). The fourth-order valence-electron chi connectivity index (χ4n) is 1.73. The molecule has 102 valence electrons. The molecule has 20 heavy (non-hydrogen) atoms. The van der Waals surface area contributed by atoms with Gasteiger partial charge < -0.3 is 5.32 Å². The van der Waals surface area contributed by atoms with Crippen molar-refractivity contribution in [3.8, 4) is 0 Å². The van der Waals surface area contributed by atoms with Gasteiger partial charge in [-0.05, 0) is 23.3 Å². The molecule has 0 spiro atoms. The second-order valence-electron chi connectivity index (χ2n) is 4.35. The summed E-state index contributed by atoms with van der Waals surface area (Å²) in [5.74, 6) is 0.877. The number of carbonyl (C=O) groups excluding carboxylic acids is 1. The first-order valence-corrected chi connectivity index (χ1v) is 7.43. The van der Waals surface area contributed by atoms with Gasteiger partial charge in [-0.1, -0.05) is 48.5 Å². The summed E-state index contributed by atoms with van der Waals surface area (Å²) < 4.78 is 0. The second kappa shape index (κ2) is 7.56. The normalized spacial score (nSPS) is 10.7. The summed E-state index contributed by atoms with van der Waals surface area (Å²) in [6, 6.07) is 18.6. The summed E-state index contributed by atoms with van der Waals surface area (Å²) in [5.41, 5.74) is 2.42. The Morgan fingerprint density at radius 3 is 2.55 bits per heavy atom. The first kappa shape index (κ1) is 14.4. The van der Waals surface area contributed by atoms with E-state index in [-0.39, 0.29) is 5.91 Å². The predicted octanol–water partition coefficient (Wildman–Crippen LogP) is 4.09. The molecule has 0 radical (unpaired) electrons. The molecular weight excluding hydrogens is 266 g/mol. The molecule has 2 aromatic rings. The molecule has 0 aliphatic heterocycles. The number of carbonyl (C=O) groups is 1. The van der Waals surface area contributed by atoms with Crippen LogP contribution in [0.3, 0.4) is 0 Å². The summed E-state index contributed by atoms with van der Waals surface area (Å²) >= 11 is 1.80. The van der Waals surface area contributed by atoms with E-state index >= 15 is 0 Å². The maximum atomic E-state index is 10.9. The summed E-state index contributed by atoms with van der Waals surface area (Å²) in [7, 11) is 0. The molecule has 0 aliphatic rings. The highest BCUT2D eigenvalue weighted by atomic mass is 32.2. The Morgan fingerprint density at radius 2 is 1.80 bits per heavy atom. The van der Waals surface area contributed by atoms with Crippen molar-refractivity contribution in [1.82, 2.24) is 5.32 Å². The maximum absolute atomic E-state index is 10.9. The minimum absolute atomic E-state index is 0.0596. The fourth-order valence-corrected chi connectivity index (χ4v) is 2.73. The molecule has 2 aromatic carbocycles. The summed E-state index contributed by atoms with van der Waals surface area (Å²) in [5, 5.41) is 2.67. The van der Waals surface area contributed by atoms with Crippen LogP contribution in [0.25, 0.3) is 6.08 Å². The maximum Gasteiger partial charge on any atom is 0.220 e. The van der Waals surface area contributed by atoms with Crippen LogP contribution in [-0.4, -0.2) is 5.91 Å². The van der Waals surface area contributed by atoms with Gasteiger partial charge in [0.05, 0.1) is 0 Å². The van der Waals surface area contributed by atoms with E-state index in [1.54, 1.807) is 18.0 Å². The van der Waals surface area contributed by atoms with Crippen LogP contribution in [0.2, 0.25) is 0 Å². The smallest absolute Gasteiger partial charge is 0.220 e. The Bertz CT molecular complexity index is 593. The van der Waals surface area contributed by atoms with Gasteiger partial charge >= 0.3 is 0 Å². The van der Waals surface area contributed by atoms with Crippen LogP contribution in [0, 0.1) is 0 Å². The highest BCUT2D eigenvalue weighted by Crippen LogP contribution is 2.26. The Kier molecular flexibility index (Phi) is 5.44. The van der Waals surface area contributed by atoms with Crippen LogP contribution in [0.4, 0.5) is 0 Å². The average Bonchev–Trinajstić information content (AvgIpc) is 2.47. The topological polar surface area (TPSA) is 29.1 Å². The van der Waals surface area contributed by atoms with Crippen molar-refractivity contribution >= 4 is 23.7 Å². The first-order valence-electron chi connectivity index (χ1n) is 6.45. The van der Waals surface area contributed by atoms with E-state index < -0.39 is 0 Å². The van der Waals surface area contributed by atoms with Crippen molar-refractivity contribution in [2.75, 3.05) is 0 Å². The highest BCUT2D eigenvalue weighted by molar-refractivity contribution is 7.98. The zero-order valence-electron chi connectivity index (χ0n) is 11.4. The summed E-state index contributed by atoms with van der Waals surface area (Å²) in [6.45, 7) is 1.50. The van der Waals surface area contributed by atoms with E-state index in [4.69, 9.17) is 0 Å². The van der Waals surface area contributed by atoms with Gasteiger partial charge in [0.1, 0.15) is 0 Å². The number of hydrogen-bond donors (Lipinski definition) is 1. The van der Waals surface area contributed by atoms with Crippen LogP contribution in [0.15, 0.2) is 65.7 Å². The quantitative estimate of drug-likeness (QED) is 0.838. The number of hydrogen-bond acceptors (Lipinski definition) is 2. The first-order chi connectivity index (χ1) is 9.75. The Morgan fingerprint density at radius 1 is 1.10 bits per heavy atom. The second-order valence-corrected chi connectivity index (χ2v) is 5.36. The lowest BCUT2D eigenvalue weighted by atomic mass is 10.2. The van der Waals surface area contributed by atoms with Gasteiger partial charge in [-0.15, -0.1) is 11.8 Å². The van der Waals surface area contributed by atoms with E-state index in [0.717, 1.165) is 11.3 Å². The van der Waals surface area contributed by atoms with Gasteiger partial charge in [-0.25, -0.2) is 0 Å². The molecule has 1 amide bonds. The van der Waals surface area contributed by atoms with Gasteiger partial charge in [0.2, 0.25) is 5.91 Å². The van der Waals surface area contributed by atoms with E-state index in [0.29, 0.717) is 0 Å². The lowest BCUT2D eigenvalue weighted by Crippen LogP contribution is -2.11. The van der Waals surface area contributed by atoms with Crippen molar-refractivity contribution in [3.63, 3.8) is 0 Å². The molecule has 0 heterocycles. The van der Waals surface area contributed by atoms with Crippen LogP contribution in [0.5, 0.6) is 0 Å². The van der Waals surface area contributed by atoms with E-state index in [2.05, 4.69) is 35.6 Å². The van der Waals surface area contributed by atoms with Crippen LogP contribution in [-0.2, 0) is 10.5 Å². The van der Waals surface area contributed by atoms with Gasteiger partial charge in [0.15, 0.2) is 0 Å². The molecule has 1 N–H and O–H groups in total. The Balaban J connectivity index is 2.04. The van der Waals surface area contributed by atoms with Crippen LogP contribution in [0.1, 0.15) is 18.1 Å². The average molecular weight is 283 g/mol.